The smallest absolute Gasteiger partial charge is 0.156 e. The lowest BCUT2D eigenvalue weighted by atomic mass is 9.87. The van der Waals surface area contributed by atoms with Crippen molar-refractivity contribution in [3.05, 3.63) is 46.9 Å². The fraction of sp³-hybridized carbons (Fsp3) is 0.267. The molecule has 0 saturated carbocycles. The van der Waals surface area contributed by atoms with E-state index in [-0.39, 0.29) is 16.1 Å². The van der Waals surface area contributed by atoms with Crippen LogP contribution in [0, 0.1) is 0 Å². The first-order valence-corrected chi connectivity index (χ1v) is 6.63. The van der Waals surface area contributed by atoms with Crippen LogP contribution in [0.2, 0.25) is 5.15 Å². The number of carbonyl (C=O) groups is 1. The largest absolute Gasteiger partial charge is 0.339 e. The molecule has 0 saturated heterocycles. The Morgan fingerprint density at radius 3 is 2.35 bits per heavy atom. The van der Waals surface area contributed by atoms with E-state index in [0.29, 0.717) is 12.1 Å². The van der Waals surface area contributed by atoms with E-state index in [2.05, 4.69) is 36.1 Å². The van der Waals surface area contributed by atoms with Crippen LogP contribution in [0.3, 0.4) is 0 Å². The number of carbonyl (C=O) groups excluding carboxylic acids is 1. The summed E-state index contributed by atoms with van der Waals surface area (Å²) in [6, 6.07) is 7.99. The molecule has 0 unspecified atom stereocenters. The number of rotatable bonds is 3. The van der Waals surface area contributed by atoms with E-state index < -0.39 is 0 Å². The molecular formula is C15H16ClN3O. The predicted molar refractivity (Wildman–Crippen MR) is 80.9 cm³/mol. The van der Waals surface area contributed by atoms with Gasteiger partial charge in [0.25, 0.3) is 0 Å². The molecule has 0 amide bonds. The Morgan fingerprint density at radius 2 is 1.80 bits per heavy atom. The van der Waals surface area contributed by atoms with Gasteiger partial charge >= 0.3 is 0 Å². The van der Waals surface area contributed by atoms with Crippen molar-refractivity contribution in [3.63, 3.8) is 0 Å². The molecule has 0 aliphatic carbocycles. The van der Waals surface area contributed by atoms with Gasteiger partial charge in [-0.15, -0.1) is 0 Å². The third-order valence-electron chi connectivity index (χ3n) is 2.97. The highest BCUT2D eigenvalue weighted by Crippen LogP contribution is 2.26. The molecule has 0 aliphatic rings. The second-order valence-corrected chi connectivity index (χ2v) is 5.85. The van der Waals surface area contributed by atoms with E-state index in [9.17, 15) is 4.79 Å². The van der Waals surface area contributed by atoms with Gasteiger partial charge in [0, 0.05) is 5.69 Å². The zero-order valence-electron chi connectivity index (χ0n) is 11.6. The van der Waals surface area contributed by atoms with Gasteiger partial charge in [0.1, 0.15) is 17.3 Å². The van der Waals surface area contributed by atoms with Gasteiger partial charge in [-0.05, 0) is 23.1 Å². The number of benzene rings is 1. The third-order valence-corrected chi connectivity index (χ3v) is 3.27. The summed E-state index contributed by atoms with van der Waals surface area (Å²) in [4.78, 5) is 18.8. The van der Waals surface area contributed by atoms with Crippen LogP contribution in [0.15, 0.2) is 30.6 Å². The minimum absolute atomic E-state index is 0.102. The monoisotopic (exact) mass is 289 g/mol. The van der Waals surface area contributed by atoms with Crippen LogP contribution in [-0.2, 0) is 5.41 Å². The van der Waals surface area contributed by atoms with Crippen LogP contribution in [0.25, 0.3) is 0 Å². The molecule has 1 heterocycles. The number of nitrogens with zero attached hydrogens (tertiary/aromatic N) is 2. The van der Waals surface area contributed by atoms with Crippen LogP contribution in [-0.4, -0.2) is 16.3 Å². The molecule has 20 heavy (non-hydrogen) atoms. The minimum atomic E-state index is 0.102. The molecule has 104 valence electrons. The molecule has 0 spiro atoms. The Hall–Kier alpha value is -1.94. The lowest BCUT2D eigenvalue weighted by Gasteiger charge is -2.19. The zero-order valence-corrected chi connectivity index (χ0v) is 12.4. The number of aromatic nitrogens is 2. The summed E-state index contributed by atoms with van der Waals surface area (Å²) >= 11 is 5.86. The summed E-state index contributed by atoms with van der Waals surface area (Å²) in [6.45, 7) is 6.47. The summed E-state index contributed by atoms with van der Waals surface area (Å²) in [5, 5.41) is 3.22. The molecule has 2 aromatic rings. The number of anilines is 2. The first-order valence-electron chi connectivity index (χ1n) is 6.25. The number of halogens is 1. The second kappa shape index (κ2) is 5.59. The maximum absolute atomic E-state index is 11.0. The standard InChI is InChI=1S/C15H16ClN3O/c1-15(2,3)10-4-6-11(7-5-10)19-14-12(8-20)13(16)17-9-18-14/h4-9H,1-3H3,(H,17,18,19). The van der Waals surface area contributed by atoms with E-state index in [1.807, 2.05) is 24.3 Å². The second-order valence-electron chi connectivity index (χ2n) is 5.50. The SMILES string of the molecule is CC(C)(C)c1ccc(Nc2ncnc(Cl)c2C=O)cc1. The fourth-order valence-corrected chi connectivity index (χ4v) is 1.95. The Morgan fingerprint density at radius 1 is 1.15 bits per heavy atom. The van der Waals surface area contributed by atoms with Crippen molar-refractivity contribution in [1.29, 1.82) is 0 Å². The Bertz CT molecular complexity index is 618. The van der Waals surface area contributed by atoms with Gasteiger partial charge in [-0.25, -0.2) is 9.97 Å². The van der Waals surface area contributed by atoms with Crippen molar-refractivity contribution in [2.75, 3.05) is 5.32 Å². The normalized spacial score (nSPS) is 11.2. The van der Waals surface area contributed by atoms with Crippen molar-refractivity contribution in [2.45, 2.75) is 26.2 Å². The average molecular weight is 290 g/mol. The topological polar surface area (TPSA) is 54.9 Å². The van der Waals surface area contributed by atoms with Gasteiger partial charge in [-0.1, -0.05) is 44.5 Å². The van der Waals surface area contributed by atoms with Crippen LogP contribution >= 0.6 is 11.6 Å². The molecule has 0 fully saturated rings. The lowest BCUT2D eigenvalue weighted by Crippen LogP contribution is -2.10. The molecule has 1 aromatic heterocycles. The fourth-order valence-electron chi connectivity index (χ4n) is 1.77. The van der Waals surface area contributed by atoms with Gasteiger partial charge < -0.3 is 5.32 Å². The van der Waals surface area contributed by atoms with Gasteiger partial charge in [0.15, 0.2) is 6.29 Å². The Balaban J connectivity index is 2.27. The quantitative estimate of drug-likeness (QED) is 0.686. The van der Waals surface area contributed by atoms with E-state index in [1.54, 1.807) is 0 Å². The highest BCUT2D eigenvalue weighted by atomic mass is 35.5. The number of aldehydes is 1. The van der Waals surface area contributed by atoms with Crippen molar-refractivity contribution >= 4 is 29.4 Å². The first kappa shape index (κ1) is 14.5. The molecule has 1 aromatic carbocycles. The lowest BCUT2D eigenvalue weighted by molar-refractivity contribution is 0.112. The molecule has 1 N–H and O–H groups in total. The zero-order chi connectivity index (χ0) is 14.8. The van der Waals surface area contributed by atoms with Crippen molar-refractivity contribution in [2.24, 2.45) is 0 Å². The molecule has 0 aliphatic heterocycles. The molecule has 0 radical (unpaired) electrons. The Kier molecular flexibility index (Phi) is 4.04. The van der Waals surface area contributed by atoms with Crippen molar-refractivity contribution in [3.8, 4) is 0 Å². The van der Waals surface area contributed by atoms with Gasteiger partial charge in [-0.2, -0.15) is 0 Å². The summed E-state index contributed by atoms with van der Waals surface area (Å²) in [5.41, 5.74) is 2.44. The number of hydrogen-bond acceptors (Lipinski definition) is 4. The average Bonchev–Trinajstić information content (AvgIpc) is 2.38. The molecular weight excluding hydrogens is 274 g/mol. The van der Waals surface area contributed by atoms with E-state index >= 15 is 0 Å². The maximum Gasteiger partial charge on any atom is 0.156 e. The summed E-state index contributed by atoms with van der Waals surface area (Å²) in [5.74, 6) is 0.406. The van der Waals surface area contributed by atoms with Crippen LogP contribution in [0.4, 0.5) is 11.5 Å². The van der Waals surface area contributed by atoms with E-state index in [0.717, 1.165) is 5.69 Å². The van der Waals surface area contributed by atoms with Gasteiger partial charge in [0.2, 0.25) is 0 Å². The summed E-state index contributed by atoms with van der Waals surface area (Å²) in [7, 11) is 0. The molecule has 4 nitrogen and oxygen atoms in total. The van der Waals surface area contributed by atoms with Crippen LogP contribution in [0.5, 0.6) is 0 Å². The van der Waals surface area contributed by atoms with Crippen LogP contribution in [0.1, 0.15) is 36.7 Å². The minimum Gasteiger partial charge on any atom is -0.339 e. The maximum atomic E-state index is 11.0. The molecule has 2 rings (SSSR count). The summed E-state index contributed by atoms with van der Waals surface area (Å²) in [6.07, 6.45) is 1.97. The first-order chi connectivity index (χ1) is 9.41. The molecule has 0 bridgehead atoms. The van der Waals surface area contributed by atoms with Crippen molar-refractivity contribution < 1.29 is 4.79 Å². The highest BCUT2D eigenvalue weighted by molar-refractivity contribution is 6.32. The van der Waals surface area contributed by atoms with E-state index in [1.165, 1.54) is 11.9 Å². The van der Waals surface area contributed by atoms with Crippen LogP contribution < -0.4 is 5.32 Å². The molecule has 0 atom stereocenters. The highest BCUT2D eigenvalue weighted by Gasteiger charge is 2.13. The molecule has 5 heteroatoms. The van der Waals surface area contributed by atoms with Gasteiger partial charge in [-0.3, -0.25) is 4.79 Å². The number of hydrogen-bond donors (Lipinski definition) is 1. The number of nitrogens with one attached hydrogen (secondary N) is 1. The Labute approximate surface area is 123 Å². The third kappa shape index (κ3) is 3.14. The summed E-state index contributed by atoms with van der Waals surface area (Å²) < 4.78 is 0. The van der Waals surface area contributed by atoms with Crippen molar-refractivity contribution in [1.82, 2.24) is 9.97 Å². The van der Waals surface area contributed by atoms with Gasteiger partial charge in [0.05, 0.1) is 5.56 Å². The van der Waals surface area contributed by atoms with E-state index in [4.69, 9.17) is 11.6 Å². The predicted octanol–water partition coefficient (Wildman–Crippen LogP) is 3.98.